The SMILES string of the molecule is C=CCc1ccccc1OCCCCn1c(CCNC(=O)Cc2ccccc2C)nc2ccccc21. The highest BCUT2D eigenvalue weighted by atomic mass is 16.5. The maximum atomic E-state index is 12.5. The van der Waals surface area contributed by atoms with E-state index in [4.69, 9.17) is 9.72 Å². The summed E-state index contributed by atoms with van der Waals surface area (Å²) in [5.74, 6) is 1.98. The van der Waals surface area contributed by atoms with Crippen LogP contribution >= 0.6 is 0 Å². The van der Waals surface area contributed by atoms with Crippen molar-refractivity contribution in [2.24, 2.45) is 0 Å². The number of amides is 1. The van der Waals surface area contributed by atoms with E-state index in [1.54, 1.807) is 0 Å². The van der Waals surface area contributed by atoms with E-state index in [1.807, 2.05) is 73.7 Å². The van der Waals surface area contributed by atoms with E-state index in [2.05, 4.69) is 28.6 Å². The molecule has 1 N–H and O–H groups in total. The molecule has 1 amide bonds. The van der Waals surface area contributed by atoms with Gasteiger partial charge in [-0.05, 0) is 61.1 Å². The Labute approximate surface area is 213 Å². The molecule has 1 heterocycles. The fourth-order valence-electron chi connectivity index (χ4n) is 4.45. The number of rotatable bonds is 13. The number of carbonyl (C=O) groups excluding carboxylic acids is 1. The van der Waals surface area contributed by atoms with Gasteiger partial charge in [0.2, 0.25) is 5.91 Å². The van der Waals surface area contributed by atoms with Gasteiger partial charge < -0.3 is 14.6 Å². The second-order valence-corrected chi connectivity index (χ2v) is 9.03. The molecule has 0 atom stereocenters. The van der Waals surface area contributed by atoms with Crippen LogP contribution in [0, 0.1) is 6.92 Å². The van der Waals surface area contributed by atoms with Gasteiger partial charge in [0.15, 0.2) is 0 Å². The lowest BCUT2D eigenvalue weighted by atomic mass is 10.1. The number of allylic oxidation sites excluding steroid dienone is 1. The highest BCUT2D eigenvalue weighted by molar-refractivity contribution is 5.79. The van der Waals surface area contributed by atoms with Crippen LogP contribution in [-0.2, 0) is 30.6 Å². The molecule has 4 aromatic rings. The Hall–Kier alpha value is -3.86. The van der Waals surface area contributed by atoms with Gasteiger partial charge in [-0.25, -0.2) is 4.98 Å². The number of hydrogen-bond acceptors (Lipinski definition) is 3. The minimum atomic E-state index is 0.0424. The number of ether oxygens (including phenoxy) is 1. The Morgan fingerprint density at radius 3 is 2.58 bits per heavy atom. The number of unbranched alkanes of at least 4 members (excludes halogenated alkanes) is 1. The molecule has 36 heavy (non-hydrogen) atoms. The van der Waals surface area contributed by atoms with Crippen LogP contribution < -0.4 is 10.1 Å². The number of carbonyl (C=O) groups is 1. The Kier molecular flexibility index (Phi) is 8.92. The van der Waals surface area contributed by atoms with Gasteiger partial charge in [-0.1, -0.05) is 60.7 Å². The topological polar surface area (TPSA) is 56.1 Å². The van der Waals surface area contributed by atoms with Gasteiger partial charge in [0.1, 0.15) is 11.6 Å². The number of fused-ring (bicyclic) bond motifs is 1. The number of benzene rings is 3. The van der Waals surface area contributed by atoms with Crippen LogP contribution in [0.5, 0.6) is 5.75 Å². The van der Waals surface area contributed by atoms with Crippen LogP contribution in [0.1, 0.15) is 35.4 Å². The molecule has 4 rings (SSSR count). The third kappa shape index (κ3) is 6.63. The molecular weight excluding hydrogens is 446 g/mol. The number of aryl methyl sites for hydroxylation is 2. The summed E-state index contributed by atoms with van der Waals surface area (Å²) in [6, 6.07) is 24.4. The summed E-state index contributed by atoms with van der Waals surface area (Å²) >= 11 is 0. The summed E-state index contributed by atoms with van der Waals surface area (Å²) in [7, 11) is 0. The molecule has 5 heteroatoms. The van der Waals surface area contributed by atoms with E-state index in [1.165, 1.54) is 5.56 Å². The fraction of sp³-hybridized carbons (Fsp3) is 0.290. The molecular formula is C31H35N3O2. The van der Waals surface area contributed by atoms with Crippen LogP contribution in [0.2, 0.25) is 0 Å². The predicted molar refractivity (Wildman–Crippen MR) is 146 cm³/mol. The van der Waals surface area contributed by atoms with E-state index < -0.39 is 0 Å². The van der Waals surface area contributed by atoms with Gasteiger partial charge in [-0.3, -0.25) is 4.79 Å². The molecule has 3 aromatic carbocycles. The van der Waals surface area contributed by atoms with Crippen LogP contribution in [0.25, 0.3) is 11.0 Å². The third-order valence-corrected chi connectivity index (χ3v) is 6.39. The summed E-state index contributed by atoms with van der Waals surface area (Å²) in [6.45, 7) is 7.98. The Bertz CT molecular complexity index is 1310. The largest absolute Gasteiger partial charge is 0.493 e. The minimum absolute atomic E-state index is 0.0424. The van der Waals surface area contributed by atoms with Crippen molar-refractivity contribution in [1.82, 2.24) is 14.9 Å². The highest BCUT2D eigenvalue weighted by Gasteiger charge is 2.12. The second-order valence-electron chi connectivity index (χ2n) is 9.03. The average Bonchev–Trinajstić information content (AvgIpc) is 3.23. The zero-order valence-electron chi connectivity index (χ0n) is 21.1. The Morgan fingerprint density at radius 2 is 1.75 bits per heavy atom. The molecule has 186 valence electrons. The van der Waals surface area contributed by atoms with Crippen LogP contribution in [-0.4, -0.2) is 28.6 Å². The average molecular weight is 482 g/mol. The fourth-order valence-corrected chi connectivity index (χ4v) is 4.45. The van der Waals surface area contributed by atoms with Crippen molar-refractivity contribution in [1.29, 1.82) is 0 Å². The van der Waals surface area contributed by atoms with E-state index in [0.717, 1.165) is 59.5 Å². The quantitative estimate of drug-likeness (QED) is 0.193. The van der Waals surface area contributed by atoms with Gasteiger partial charge in [0.05, 0.1) is 24.1 Å². The van der Waals surface area contributed by atoms with E-state index in [-0.39, 0.29) is 5.91 Å². The summed E-state index contributed by atoms with van der Waals surface area (Å²) in [4.78, 5) is 17.3. The van der Waals surface area contributed by atoms with Crippen LogP contribution in [0.3, 0.4) is 0 Å². The van der Waals surface area contributed by atoms with Crippen molar-refractivity contribution in [2.45, 2.75) is 45.6 Å². The molecule has 0 unspecified atom stereocenters. The van der Waals surface area contributed by atoms with Crippen molar-refractivity contribution in [3.8, 4) is 5.75 Å². The van der Waals surface area contributed by atoms with Crippen LogP contribution in [0.15, 0.2) is 85.5 Å². The van der Waals surface area contributed by atoms with Gasteiger partial charge in [-0.2, -0.15) is 0 Å². The lowest BCUT2D eigenvalue weighted by Crippen LogP contribution is -2.28. The number of para-hydroxylation sites is 3. The Morgan fingerprint density at radius 1 is 1.00 bits per heavy atom. The first-order valence-corrected chi connectivity index (χ1v) is 12.7. The molecule has 0 radical (unpaired) electrons. The molecule has 1 aromatic heterocycles. The zero-order chi connectivity index (χ0) is 25.2. The minimum Gasteiger partial charge on any atom is -0.493 e. The molecule has 0 bridgehead atoms. The maximum Gasteiger partial charge on any atom is 0.224 e. The number of nitrogens with one attached hydrogen (secondary N) is 1. The molecule has 0 spiro atoms. The smallest absolute Gasteiger partial charge is 0.224 e. The molecule has 0 saturated carbocycles. The van der Waals surface area contributed by atoms with Crippen molar-refractivity contribution in [2.75, 3.05) is 13.2 Å². The lowest BCUT2D eigenvalue weighted by Gasteiger charge is -2.12. The normalized spacial score (nSPS) is 10.9. The van der Waals surface area contributed by atoms with Crippen LogP contribution in [0.4, 0.5) is 0 Å². The zero-order valence-corrected chi connectivity index (χ0v) is 21.1. The summed E-state index contributed by atoms with van der Waals surface area (Å²) < 4.78 is 8.34. The Balaban J connectivity index is 1.31. The standard InChI is InChI=1S/C31H35N3O2/c1-3-12-25-14-6-9-18-29(25)36-22-11-10-21-34-28-17-8-7-16-27(28)33-30(34)19-20-32-31(35)23-26-15-5-4-13-24(26)2/h3-9,13-18H,1,10-12,19-23H2,2H3,(H,32,35). The summed E-state index contributed by atoms with van der Waals surface area (Å²) in [6.07, 6.45) is 5.73. The first-order chi connectivity index (χ1) is 17.7. The molecule has 5 nitrogen and oxygen atoms in total. The van der Waals surface area contributed by atoms with E-state index >= 15 is 0 Å². The predicted octanol–water partition coefficient (Wildman–Crippen LogP) is 5.83. The molecule has 0 fully saturated rings. The van der Waals surface area contributed by atoms with Crippen molar-refractivity contribution >= 4 is 16.9 Å². The monoisotopic (exact) mass is 481 g/mol. The third-order valence-electron chi connectivity index (χ3n) is 6.39. The van der Waals surface area contributed by atoms with Crippen molar-refractivity contribution in [3.05, 3.63) is 108 Å². The lowest BCUT2D eigenvalue weighted by molar-refractivity contribution is -0.120. The number of aromatic nitrogens is 2. The second kappa shape index (κ2) is 12.7. The van der Waals surface area contributed by atoms with E-state index in [0.29, 0.717) is 26.0 Å². The highest BCUT2D eigenvalue weighted by Crippen LogP contribution is 2.20. The first kappa shape index (κ1) is 25.2. The molecule has 0 aliphatic carbocycles. The van der Waals surface area contributed by atoms with Crippen molar-refractivity contribution < 1.29 is 9.53 Å². The maximum absolute atomic E-state index is 12.5. The molecule has 0 saturated heterocycles. The van der Waals surface area contributed by atoms with E-state index in [9.17, 15) is 4.79 Å². The summed E-state index contributed by atoms with van der Waals surface area (Å²) in [5, 5.41) is 3.07. The van der Waals surface area contributed by atoms with Gasteiger partial charge in [0, 0.05) is 19.5 Å². The number of nitrogens with zero attached hydrogens (tertiary/aromatic N) is 2. The first-order valence-electron chi connectivity index (χ1n) is 12.7. The molecule has 0 aliphatic heterocycles. The summed E-state index contributed by atoms with van der Waals surface area (Å²) in [5.41, 5.74) is 5.50. The van der Waals surface area contributed by atoms with Gasteiger partial charge in [-0.15, -0.1) is 6.58 Å². The van der Waals surface area contributed by atoms with Crippen molar-refractivity contribution in [3.63, 3.8) is 0 Å². The van der Waals surface area contributed by atoms with Gasteiger partial charge in [0.25, 0.3) is 0 Å². The molecule has 0 aliphatic rings. The number of hydrogen-bond donors (Lipinski definition) is 1. The number of imidazole rings is 1. The van der Waals surface area contributed by atoms with Gasteiger partial charge >= 0.3 is 0 Å².